The molecule has 1 saturated heterocycles. The van der Waals surface area contributed by atoms with Crippen molar-refractivity contribution < 1.29 is 4.79 Å². The van der Waals surface area contributed by atoms with Crippen LogP contribution < -0.4 is 5.32 Å². The quantitative estimate of drug-likeness (QED) is 0.891. The van der Waals surface area contributed by atoms with Crippen molar-refractivity contribution in [2.24, 2.45) is 0 Å². The van der Waals surface area contributed by atoms with Crippen molar-refractivity contribution in [3.8, 4) is 0 Å². The Hall–Kier alpha value is -1.84. The molecular formula is C19H21ClN2O. The molecule has 4 heteroatoms. The molecule has 0 atom stereocenters. The Bertz CT molecular complexity index is 663. The number of benzene rings is 2. The third kappa shape index (κ3) is 4.57. The van der Waals surface area contributed by atoms with Gasteiger partial charge < -0.3 is 5.32 Å². The second kappa shape index (κ2) is 7.62. The van der Waals surface area contributed by atoms with Crippen LogP contribution in [0, 0.1) is 0 Å². The second-order valence-corrected chi connectivity index (χ2v) is 6.43. The van der Waals surface area contributed by atoms with Gasteiger partial charge in [-0.2, -0.15) is 0 Å². The number of hydrogen-bond acceptors (Lipinski definition) is 2. The Morgan fingerprint density at radius 3 is 2.48 bits per heavy atom. The third-order valence-electron chi connectivity index (χ3n) is 4.15. The van der Waals surface area contributed by atoms with Crippen molar-refractivity contribution >= 4 is 23.2 Å². The number of carbonyl (C=O) groups is 1. The summed E-state index contributed by atoms with van der Waals surface area (Å²) in [6.45, 7) is 3.36. The normalized spacial score (nSPS) is 15.3. The van der Waals surface area contributed by atoms with Crippen LogP contribution in [0.1, 0.15) is 35.2 Å². The van der Waals surface area contributed by atoms with Gasteiger partial charge >= 0.3 is 0 Å². The van der Waals surface area contributed by atoms with Crippen molar-refractivity contribution in [3.63, 3.8) is 0 Å². The topological polar surface area (TPSA) is 32.3 Å². The number of halogens is 1. The number of likely N-dealkylation sites (tertiary alicyclic amines) is 1. The fraction of sp³-hybridized carbons (Fsp3) is 0.316. The molecule has 3 nitrogen and oxygen atoms in total. The number of nitrogens with zero attached hydrogens (tertiary/aromatic N) is 1. The van der Waals surface area contributed by atoms with Gasteiger partial charge in [-0.25, -0.2) is 0 Å². The number of amides is 1. The third-order valence-corrected chi connectivity index (χ3v) is 4.39. The van der Waals surface area contributed by atoms with Gasteiger partial charge in [0.15, 0.2) is 0 Å². The van der Waals surface area contributed by atoms with Crippen LogP contribution in [0.3, 0.4) is 0 Å². The van der Waals surface area contributed by atoms with Gasteiger partial charge in [-0.05, 0) is 61.8 Å². The minimum atomic E-state index is -0.142. The molecule has 0 aliphatic carbocycles. The Morgan fingerprint density at radius 2 is 1.78 bits per heavy atom. The molecule has 1 aliphatic heterocycles. The van der Waals surface area contributed by atoms with E-state index in [0.717, 1.165) is 12.2 Å². The van der Waals surface area contributed by atoms with Gasteiger partial charge in [0.1, 0.15) is 0 Å². The molecule has 0 bridgehead atoms. The molecule has 1 aliphatic rings. The highest BCUT2D eigenvalue weighted by atomic mass is 35.5. The first-order valence-electron chi connectivity index (χ1n) is 8.09. The summed E-state index contributed by atoms with van der Waals surface area (Å²) in [6.07, 6.45) is 3.95. The predicted octanol–water partition coefficient (Wildman–Crippen LogP) is 4.58. The molecule has 1 fully saturated rings. The van der Waals surface area contributed by atoms with Crippen LogP contribution in [-0.2, 0) is 6.54 Å². The van der Waals surface area contributed by atoms with E-state index in [-0.39, 0.29) is 5.91 Å². The maximum absolute atomic E-state index is 12.2. The molecule has 3 rings (SSSR count). The van der Waals surface area contributed by atoms with Crippen LogP contribution in [0.4, 0.5) is 5.69 Å². The van der Waals surface area contributed by atoms with E-state index >= 15 is 0 Å². The molecule has 23 heavy (non-hydrogen) atoms. The van der Waals surface area contributed by atoms with Crippen LogP contribution in [-0.4, -0.2) is 23.9 Å². The van der Waals surface area contributed by atoms with Gasteiger partial charge in [0, 0.05) is 22.8 Å². The van der Waals surface area contributed by atoms with Gasteiger partial charge in [-0.3, -0.25) is 9.69 Å². The highest BCUT2D eigenvalue weighted by Crippen LogP contribution is 2.17. The zero-order valence-electron chi connectivity index (χ0n) is 13.1. The summed E-state index contributed by atoms with van der Waals surface area (Å²) in [7, 11) is 0. The first-order valence-corrected chi connectivity index (χ1v) is 8.47. The van der Waals surface area contributed by atoms with Gasteiger partial charge in [-0.1, -0.05) is 36.2 Å². The average molecular weight is 329 g/mol. The van der Waals surface area contributed by atoms with E-state index in [2.05, 4.69) is 22.3 Å². The maximum atomic E-state index is 12.2. The van der Waals surface area contributed by atoms with Gasteiger partial charge in [0.25, 0.3) is 5.91 Å². The van der Waals surface area contributed by atoms with Crippen LogP contribution >= 0.6 is 11.6 Å². The fourth-order valence-electron chi connectivity index (χ4n) is 2.90. The van der Waals surface area contributed by atoms with Crippen LogP contribution in [0.2, 0.25) is 5.02 Å². The number of carbonyl (C=O) groups excluding carboxylic acids is 1. The molecule has 1 heterocycles. The van der Waals surface area contributed by atoms with E-state index in [1.165, 1.54) is 37.9 Å². The molecule has 0 unspecified atom stereocenters. The van der Waals surface area contributed by atoms with Crippen LogP contribution in [0.5, 0.6) is 0 Å². The molecule has 0 spiro atoms. The summed E-state index contributed by atoms with van der Waals surface area (Å²) < 4.78 is 0. The van der Waals surface area contributed by atoms with E-state index in [0.29, 0.717) is 10.6 Å². The minimum absolute atomic E-state index is 0.142. The summed E-state index contributed by atoms with van der Waals surface area (Å²) in [6, 6.07) is 15.0. The predicted molar refractivity (Wildman–Crippen MR) is 95.0 cm³/mol. The molecule has 120 valence electrons. The van der Waals surface area contributed by atoms with Crippen molar-refractivity contribution in [2.45, 2.75) is 25.8 Å². The highest BCUT2D eigenvalue weighted by molar-refractivity contribution is 6.31. The van der Waals surface area contributed by atoms with Crippen molar-refractivity contribution in [3.05, 3.63) is 64.7 Å². The second-order valence-electron chi connectivity index (χ2n) is 6.00. The van der Waals surface area contributed by atoms with E-state index in [4.69, 9.17) is 11.6 Å². The number of hydrogen-bond donors (Lipinski definition) is 1. The lowest BCUT2D eigenvalue weighted by atomic mass is 10.1. The molecule has 0 aromatic heterocycles. The van der Waals surface area contributed by atoms with Crippen molar-refractivity contribution in [2.75, 3.05) is 18.4 Å². The number of piperidine rings is 1. The van der Waals surface area contributed by atoms with E-state index < -0.39 is 0 Å². The Labute approximate surface area is 142 Å². The Morgan fingerprint density at radius 1 is 1.04 bits per heavy atom. The number of rotatable bonds is 4. The molecule has 1 amide bonds. The first kappa shape index (κ1) is 16.0. The smallest absolute Gasteiger partial charge is 0.255 e. The van der Waals surface area contributed by atoms with E-state index in [1.807, 2.05) is 12.1 Å². The Balaban J connectivity index is 1.59. The zero-order valence-corrected chi connectivity index (χ0v) is 13.9. The van der Waals surface area contributed by atoms with Crippen molar-refractivity contribution in [1.29, 1.82) is 0 Å². The Kier molecular flexibility index (Phi) is 5.31. The van der Waals surface area contributed by atoms with Crippen molar-refractivity contribution in [1.82, 2.24) is 4.90 Å². The van der Waals surface area contributed by atoms with Gasteiger partial charge in [0.2, 0.25) is 0 Å². The van der Waals surface area contributed by atoms with E-state index in [1.54, 1.807) is 24.3 Å². The largest absolute Gasteiger partial charge is 0.322 e. The number of nitrogens with one attached hydrogen (secondary N) is 1. The first-order chi connectivity index (χ1) is 11.2. The summed E-state index contributed by atoms with van der Waals surface area (Å²) in [4.78, 5) is 14.7. The standard InChI is InChI=1S/C19H21ClN2O/c20-17-6-4-5-16(13-17)19(23)21-18-9-7-15(8-10-18)14-22-11-2-1-3-12-22/h4-10,13H,1-3,11-12,14H2,(H,21,23). The molecule has 1 N–H and O–H groups in total. The molecule has 0 saturated carbocycles. The maximum Gasteiger partial charge on any atom is 0.255 e. The van der Waals surface area contributed by atoms with Crippen LogP contribution in [0.25, 0.3) is 0 Å². The lowest BCUT2D eigenvalue weighted by Crippen LogP contribution is -2.29. The molecule has 0 radical (unpaired) electrons. The molecule has 2 aromatic rings. The summed E-state index contributed by atoms with van der Waals surface area (Å²) in [5.41, 5.74) is 2.65. The SMILES string of the molecule is O=C(Nc1ccc(CN2CCCCC2)cc1)c1cccc(Cl)c1. The number of anilines is 1. The lowest BCUT2D eigenvalue weighted by Gasteiger charge is -2.26. The minimum Gasteiger partial charge on any atom is -0.322 e. The monoisotopic (exact) mass is 328 g/mol. The highest BCUT2D eigenvalue weighted by Gasteiger charge is 2.11. The summed E-state index contributed by atoms with van der Waals surface area (Å²) in [5, 5.41) is 3.47. The summed E-state index contributed by atoms with van der Waals surface area (Å²) >= 11 is 5.92. The summed E-state index contributed by atoms with van der Waals surface area (Å²) in [5.74, 6) is -0.142. The fourth-order valence-corrected chi connectivity index (χ4v) is 3.09. The molecule has 2 aromatic carbocycles. The van der Waals surface area contributed by atoms with Gasteiger partial charge in [-0.15, -0.1) is 0 Å². The average Bonchev–Trinajstić information content (AvgIpc) is 2.57. The zero-order chi connectivity index (χ0) is 16.1. The van der Waals surface area contributed by atoms with E-state index in [9.17, 15) is 4.79 Å². The molecular weight excluding hydrogens is 308 g/mol. The van der Waals surface area contributed by atoms with Crippen LogP contribution in [0.15, 0.2) is 48.5 Å². The van der Waals surface area contributed by atoms with Gasteiger partial charge in [0.05, 0.1) is 0 Å². The lowest BCUT2D eigenvalue weighted by molar-refractivity contribution is 0.102.